The van der Waals surface area contributed by atoms with E-state index in [4.69, 9.17) is 4.74 Å². The highest BCUT2D eigenvalue weighted by Gasteiger charge is 2.36. The van der Waals surface area contributed by atoms with Crippen LogP contribution < -0.4 is 10.6 Å². The zero-order valence-electron chi connectivity index (χ0n) is 22.8. The third-order valence-corrected chi connectivity index (χ3v) is 6.51. The molecule has 38 heavy (non-hydrogen) atoms. The molecule has 0 bridgehead atoms. The molecule has 204 valence electrons. The third kappa shape index (κ3) is 8.75. The Morgan fingerprint density at radius 3 is 2.18 bits per heavy atom. The van der Waals surface area contributed by atoms with Gasteiger partial charge < -0.3 is 20.3 Å². The SMILES string of the molecule is C=CCN(C(=O)C(Cc1ccccc1)NC(=O)OC(C)(C)C)C(C(=O)NC1CCCCC1)c1ccccc1. The molecule has 7 nitrogen and oxygen atoms in total. The topological polar surface area (TPSA) is 87.7 Å². The quantitative estimate of drug-likeness (QED) is 0.416. The van der Waals surface area contributed by atoms with Gasteiger partial charge in [0.2, 0.25) is 11.8 Å². The predicted octanol–water partition coefficient (Wildman–Crippen LogP) is 5.33. The van der Waals surface area contributed by atoms with Crippen LogP contribution in [0.25, 0.3) is 0 Å². The second-order valence-corrected chi connectivity index (χ2v) is 10.8. The van der Waals surface area contributed by atoms with Gasteiger partial charge in [0, 0.05) is 19.0 Å². The lowest BCUT2D eigenvalue weighted by atomic mass is 9.94. The molecule has 0 aliphatic heterocycles. The minimum Gasteiger partial charge on any atom is -0.444 e. The Kier molecular flexibility index (Phi) is 10.5. The molecule has 1 fully saturated rings. The molecular formula is C31H41N3O4. The first kappa shape index (κ1) is 29.0. The lowest BCUT2D eigenvalue weighted by Gasteiger charge is -2.35. The van der Waals surface area contributed by atoms with Crippen molar-refractivity contribution < 1.29 is 19.1 Å². The standard InChI is InChI=1S/C31H41N3O4/c1-5-21-34(27(24-17-11-7-12-18-24)28(35)32-25-19-13-8-14-20-25)29(36)26(22-23-15-9-6-10-16-23)33-30(37)38-31(2,3)4/h5-7,9-12,15-18,25-27H,1,8,13-14,19-22H2,2-4H3,(H,32,35)(H,33,37). The van der Waals surface area contributed by atoms with Crippen molar-refractivity contribution in [3.05, 3.63) is 84.4 Å². The predicted molar refractivity (Wildman–Crippen MR) is 149 cm³/mol. The van der Waals surface area contributed by atoms with E-state index in [2.05, 4.69) is 17.2 Å². The van der Waals surface area contributed by atoms with Gasteiger partial charge in [-0.25, -0.2) is 4.79 Å². The second kappa shape index (κ2) is 13.8. The fourth-order valence-electron chi connectivity index (χ4n) is 4.80. The van der Waals surface area contributed by atoms with Gasteiger partial charge in [-0.2, -0.15) is 0 Å². The molecule has 2 atom stereocenters. The van der Waals surface area contributed by atoms with E-state index < -0.39 is 23.8 Å². The van der Waals surface area contributed by atoms with Crippen molar-refractivity contribution in [1.82, 2.24) is 15.5 Å². The summed E-state index contributed by atoms with van der Waals surface area (Å²) >= 11 is 0. The Morgan fingerprint density at radius 1 is 1.00 bits per heavy atom. The summed E-state index contributed by atoms with van der Waals surface area (Å²) in [4.78, 5) is 42.2. The van der Waals surface area contributed by atoms with E-state index in [-0.39, 0.29) is 30.8 Å². The van der Waals surface area contributed by atoms with Gasteiger partial charge in [0.25, 0.3) is 0 Å². The molecule has 3 amide bonds. The number of benzene rings is 2. The summed E-state index contributed by atoms with van der Waals surface area (Å²) in [7, 11) is 0. The van der Waals surface area contributed by atoms with Crippen LogP contribution in [0.3, 0.4) is 0 Å². The van der Waals surface area contributed by atoms with Gasteiger partial charge in [0.15, 0.2) is 0 Å². The van der Waals surface area contributed by atoms with Crippen LogP contribution in [0, 0.1) is 0 Å². The summed E-state index contributed by atoms with van der Waals surface area (Å²) in [6.07, 6.45) is 6.36. The van der Waals surface area contributed by atoms with E-state index in [0.29, 0.717) is 5.56 Å². The van der Waals surface area contributed by atoms with E-state index >= 15 is 0 Å². The Morgan fingerprint density at radius 2 is 1.61 bits per heavy atom. The van der Waals surface area contributed by atoms with Gasteiger partial charge in [0.05, 0.1) is 0 Å². The van der Waals surface area contributed by atoms with Crippen molar-refractivity contribution in [2.45, 2.75) is 83.0 Å². The summed E-state index contributed by atoms with van der Waals surface area (Å²) in [6, 6.07) is 17.0. The van der Waals surface area contributed by atoms with Gasteiger partial charge in [-0.15, -0.1) is 6.58 Å². The average Bonchev–Trinajstić information content (AvgIpc) is 2.88. The molecule has 1 aliphatic carbocycles. The Bertz CT molecular complexity index is 1060. The molecule has 2 aromatic rings. The summed E-state index contributed by atoms with van der Waals surface area (Å²) in [5.41, 5.74) is 0.854. The fraction of sp³-hybridized carbons (Fsp3) is 0.452. The summed E-state index contributed by atoms with van der Waals surface area (Å²) in [5.74, 6) is -0.610. The number of rotatable bonds is 10. The van der Waals surface area contributed by atoms with Crippen molar-refractivity contribution in [3.63, 3.8) is 0 Å². The first-order valence-corrected chi connectivity index (χ1v) is 13.5. The summed E-state index contributed by atoms with van der Waals surface area (Å²) in [6.45, 7) is 9.29. The molecule has 2 unspecified atom stereocenters. The monoisotopic (exact) mass is 519 g/mol. The highest BCUT2D eigenvalue weighted by atomic mass is 16.6. The molecular weight excluding hydrogens is 478 g/mol. The zero-order chi connectivity index (χ0) is 27.5. The fourth-order valence-corrected chi connectivity index (χ4v) is 4.80. The average molecular weight is 520 g/mol. The van der Waals surface area contributed by atoms with Crippen molar-refractivity contribution in [2.24, 2.45) is 0 Å². The van der Waals surface area contributed by atoms with Gasteiger partial charge in [-0.05, 0) is 44.7 Å². The van der Waals surface area contributed by atoms with E-state index in [1.165, 1.54) is 11.3 Å². The van der Waals surface area contributed by atoms with Crippen LogP contribution in [0.5, 0.6) is 0 Å². The van der Waals surface area contributed by atoms with Gasteiger partial charge in [-0.1, -0.05) is 86.0 Å². The number of carbonyl (C=O) groups excluding carboxylic acids is 3. The van der Waals surface area contributed by atoms with E-state index in [1.54, 1.807) is 26.8 Å². The number of nitrogens with zero attached hydrogens (tertiary/aromatic N) is 1. The molecule has 0 saturated heterocycles. The molecule has 7 heteroatoms. The lowest BCUT2D eigenvalue weighted by Crippen LogP contribution is -2.54. The maximum absolute atomic E-state index is 14.2. The normalized spacial score (nSPS) is 15.6. The highest BCUT2D eigenvalue weighted by Crippen LogP contribution is 2.25. The summed E-state index contributed by atoms with van der Waals surface area (Å²) in [5, 5.41) is 5.96. The van der Waals surface area contributed by atoms with Crippen LogP contribution in [-0.4, -0.2) is 47.0 Å². The van der Waals surface area contributed by atoms with Crippen molar-refractivity contribution in [1.29, 1.82) is 0 Å². The summed E-state index contributed by atoms with van der Waals surface area (Å²) < 4.78 is 5.47. The van der Waals surface area contributed by atoms with Crippen molar-refractivity contribution in [2.75, 3.05) is 6.54 Å². The van der Waals surface area contributed by atoms with Crippen LogP contribution in [-0.2, 0) is 20.7 Å². The van der Waals surface area contributed by atoms with Crippen molar-refractivity contribution in [3.8, 4) is 0 Å². The number of carbonyl (C=O) groups is 3. The lowest BCUT2D eigenvalue weighted by molar-refractivity contribution is -0.142. The number of alkyl carbamates (subject to hydrolysis) is 1. The smallest absolute Gasteiger partial charge is 0.408 e. The van der Waals surface area contributed by atoms with Crippen LogP contribution >= 0.6 is 0 Å². The number of ether oxygens (including phenoxy) is 1. The number of nitrogens with one attached hydrogen (secondary N) is 2. The Hall–Kier alpha value is -3.61. The molecule has 0 aromatic heterocycles. The van der Waals surface area contributed by atoms with Gasteiger partial charge >= 0.3 is 6.09 Å². The first-order valence-electron chi connectivity index (χ1n) is 13.5. The molecule has 1 aliphatic rings. The molecule has 1 saturated carbocycles. The maximum atomic E-state index is 14.2. The Balaban J connectivity index is 1.94. The van der Waals surface area contributed by atoms with E-state index in [9.17, 15) is 14.4 Å². The minimum atomic E-state index is -0.944. The van der Waals surface area contributed by atoms with Crippen LogP contribution in [0.4, 0.5) is 4.79 Å². The first-order chi connectivity index (χ1) is 18.2. The highest BCUT2D eigenvalue weighted by molar-refractivity contribution is 5.92. The molecule has 2 aromatic carbocycles. The number of hydrogen-bond donors (Lipinski definition) is 2. The van der Waals surface area contributed by atoms with E-state index in [0.717, 1.165) is 31.2 Å². The molecule has 0 heterocycles. The number of hydrogen-bond acceptors (Lipinski definition) is 4. The third-order valence-electron chi connectivity index (χ3n) is 6.51. The van der Waals surface area contributed by atoms with Crippen LogP contribution in [0.2, 0.25) is 0 Å². The Labute approximate surface area is 226 Å². The van der Waals surface area contributed by atoms with Crippen LogP contribution in [0.15, 0.2) is 73.3 Å². The minimum absolute atomic E-state index is 0.0862. The molecule has 0 radical (unpaired) electrons. The van der Waals surface area contributed by atoms with Gasteiger partial charge in [-0.3, -0.25) is 9.59 Å². The van der Waals surface area contributed by atoms with Crippen molar-refractivity contribution >= 4 is 17.9 Å². The number of amides is 3. The maximum Gasteiger partial charge on any atom is 0.408 e. The largest absolute Gasteiger partial charge is 0.444 e. The molecule has 2 N–H and O–H groups in total. The zero-order valence-corrected chi connectivity index (χ0v) is 22.8. The van der Waals surface area contributed by atoms with Crippen LogP contribution in [0.1, 0.15) is 70.0 Å². The second-order valence-electron chi connectivity index (χ2n) is 10.8. The molecule has 0 spiro atoms. The van der Waals surface area contributed by atoms with Gasteiger partial charge in [0.1, 0.15) is 17.7 Å². The van der Waals surface area contributed by atoms with E-state index in [1.807, 2.05) is 60.7 Å². The molecule has 3 rings (SSSR count).